The molecule has 0 aromatic heterocycles. The van der Waals surface area contributed by atoms with Gasteiger partial charge in [0.25, 0.3) is 0 Å². The number of rotatable bonds is 1. The molecule has 20 heavy (non-hydrogen) atoms. The minimum Gasteiger partial charge on any atom is -0.274 e. The third-order valence-electron chi connectivity index (χ3n) is 4.88. The maximum atomic E-state index is 13.7. The van der Waals surface area contributed by atoms with Crippen LogP contribution < -0.4 is 4.90 Å². The molecule has 1 saturated carbocycles. The number of allylic oxidation sites excluding steroid dienone is 2. The van der Waals surface area contributed by atoms with Gasteiger partial charge in [0, 0.05) is 0 Å². The van der Waals surface area contributed by atoms with Crippen molar-refractivity contribution in [3.63, 3.8) is 0 Å². The van der Waals surface area contributed by atoms with Crippen molar-refractivity contribution in [2.24, 2.45) is 23.7 Å². The number of nitrogens with zero attached hydrogens (tertiary/aromatic N) is 1. The molecule has 2 fully saturated rings. The van der Waals surface area contributed by atoms with E-state index in [4.69, 9.17) is 0 Å². The molecule has 0 N–H and O–H groups in total. The summed E-state index contributed by atoms with van der Waals surface area (Å²) in [7, 11) is 0. The van der Waals surface area contributed by atoms with Crippen molar-refractivity contribution >= 4 is 17.5 Å². The zero-order valence-electron chi connectivity index (χ0n) is 11.0. The number of hydrogen-bond acceptors (Lipinski definition) is 2. The summed E-state index contributed by atoms with van der Waals surface area (Å²) in [5, 5.41) is 0. The average Bonchev–Trinajstić information content (AvgIpc) is 3.08. The monoisotopic (exact) mass is 271 g/mol. The number of aryl methyl sites for hydroxylation is 1. The van der Waals surface area contributed by atoms with E-state index in [2.05, 4.69) is 12.2 Å². The second-order valence-electron chi connectivity index (χ2n) is 5.95. The fraction of sp³-hybridized carbons (Fsp3) is 0.375. The smallest absolute Gasteiger partial charge is 0.238 e. The van der Waals surface area contributed by atoms with Crippen LogP contribution in [0.5, 0.6) is 0 Å². The van der Waals surface area contributed by atoms with Crippen LogP contribution in [0, 0.1) is 36.4 Å². The molecule has 1 saturated heterocycles. The summed E-state index contributed by atoms with van der Waals surface area (Å²) < 4.78 is 13.7. The molecular weight excluding hydrogens is 257 g/mol. The number of carbonyl (C=O) groups excluding carboxylic acids is 2. The highest BCUT2D eigenvalue weighted by atomic mass is 19.1. The maximum Gasteiger partial charge on any atom is 0.238 e. The van der Waals surface area contributed by atoms with Crippen molar-refractivity contribution < 1.29 is 14.0 Å². The highest BCUT2D eigenvalue weighted by Gasteiger charge is 2.59. The van der Waals surface area contributed by atoms with Gasteiger partial charge in [0.1, 0.15) is 5.82 Å². The first kappa shape index (κ1) is 11.8. The molecule has 3 nitrogen and oxygen atoms in total. The Kier molecular flexibility index (Phi) is 2.23. The van der Waals surface area contributed by atoms with Crippen LogP contribution in [0.1, 0.15) is 12.0 Å². The van der Waals surface area contributed by atoms with Gasteiger partial charge in [-0.05, 0) is 42.9 Å². The van der Waals surface area contributed by atoms with E-state index in [1.807, 2.05) is 0 Å². The standard InChI is InChI=1S/C16H14FNO2/c1-8-2-5-11(7-12(8)17)18-15(19)13-9-3-4-10(6-9)14(13)16(18)20/h2-5,7,9-10,13-14H,6H2,1H3. The zero-order valence-corrected chi connectivity index (χ0v) is 11.0. The molecule has 2 bridgehead atoms. The summed E-state index contributed by atoms with van der Waals surface area (Å²) in [6.45, 7) is 1.66. The highest BCUT2D eigenvalue weighted by Crippen LogP contribution is 2.53. The first-order valence-corrected chi connectivity index (χ1v) is 6.90. The molecule has 102 valence electrons. The maximum absolute atomic E-state index is 13.7. The van der Waals surface area contributed by atoms with E-state index < -0.39 is 0 Å². The molecule has 4 rings (SSSR count). The molecular formula is C16H14FNO2. The number of imide groups is 1. The van der Waals surface area contributed by atoms with Gasteiger partial charge in [-0.1, -0.05) is 18.2 Å². The van der Waals surface area contributed by atoms with Crippen molar-refractivity contribution in [1.82, 2.24) is 0 Å². The van der Waals surface area contributed by atoms with Gasteiger partial charge in [-0.3, -0.25) is 9.59 Å². The number of fused-ring (bicyclic) bond motifs is 5. The molecule has 4 atom stereocenters. The fourth-order valence-corrected chi connectivity index (χ4v) is 3.88. The first-order valence-electron chi connectivity index (χ1n) is 6.90. The average molecular weight is 271 g/mol. The molecule has 2 amide bonds. The van der Waals surface area contributed by atoms with Crippen LogP contribution in [0.25, 0.3) is 0 Å². The number of hydrogen-bond donors (Lipinski definition) is 0. The Balaban J connectivity index is 1.76. The largest absolute Gasteiger partial charge is 0.274 e. The summed E-state index contributed by atoms with van der Waals surface area (Å²) in [5.74, 6) is -0.825. The van der Waals surface area contributed by atoms with Gasteiger partial charge in [-0.2, -0.15) is 0 Å². The lowest BCUT2D eigenvalue weighted by molar-refractivity contribution is -0.123. The molecule has 1 heterocycles. The second-order valence-corrected chi connectivity index (χ2v) is 5.95. The lowest BCUT2D eigenvalue weighted by Crippen LogP contribution is -2.32. The van der Waals surface area contributed by atoms with Crippen LogP contribution in [0.2, 0.25) is 0 Å². The molecule has 0 radical (unpaired) electrons. The van der Waals surface area contributed by atoms with Crippen molar-refractivity contribution in [1.29, 1.82) is 0 Å². The molecule has 0 spiro atoms. The Bertz CT molecular complexity index is 636. The fourth-order valence-electron chi connectivity index (χ4n) is 3.88. The lowest BCUT2D eigenvalue weighted by atomic mass is 9.85. The number of halogens is 1. The predicted molar refractivity (Wildman–Crippen MR) is 71.3 cm³/mol. The van der Waals surface area contributed by atoms with Gasteiger partial charge in [0.05, 0.1) is 17.5 Å². The van der Waals surface area contributed by atoms with Gasteiger partial charge >= 0.3 is 0 Å². The van der Waals surface area contributed by atoms with Crippen LogP contribution in [-0.4, -0.2) is 11.8 Å². The minimum atomic E-state index is -0.388. The number of benzene rings is 1. The van der Waals surface area contributed by atoms with Gasteiger partial charge in [0.15, 0.2) is 0 Å². The number of anilines is 1. The van der Waals surface area contributed by atoms with E-state index >= 15 is 0 Å². The predicted octanol–water partition coefficient (Wildman–Crippen LogP) is 2.45. The molecule has 4 unspecified atom stereocenters. The Morgan fingerprint density at radius 1 is 1.10 bits per heavy atom. The summed E-state index contributed by atoms with van der Waals surface area (Å²) in [4.78, 5) is 26.2. The SMILES string of the molecule is Cc1ccc(N2C(=O)C3C4C=CC(C4)C3C2=O)cc1F. The summed E-state index contributed by atoms with van der Waals surface area (Å²) in [6.07, 6.45) is 5.01. The van der Waals surface area contributed by atoms with Crippen LogP contribution in [0.15, 0.2) is 30.4 Å². The Labute approximate surface area is 116 Å². The summed E-state index contributed by atoms with van der Waals surface area (Å²) in [6, 6.07) is 4.53. The highest BCUT2D eigenvalue weighted by molar-refractivity contribution is 6.22. The topological polar surface area (TPSA) is 37.4 Å². The minimum absolute atomic E-state index is 0.167. The van der Waals surface area contributed by atoms with Crippen molar-refractivity contribution in [2.75, 3.05) is 4.90 Å². The summed E-state index contributed by atoms with van der Waals surface area (Å²) >= 11 is 0. The van der Waals surface area contributed by atoms with E-state index in [9.17, 15) is 14.0 Å². The van der Waals surface area contributed by atoms with Crippen LogP contribution in [0.4, 0.5) is 10.1 Å². The van der Waals surface area contributed by atoms with Crippen LogP contribution >= 0.6 is 0 Å². The Morgan fingerprint density at radius 2 is 1.70 bits per heavy atom. The molecule has 3 aliphatic rings. The molecule has 1 aromatic carbocycles. The van der Waals surface area contributed by atoms with Gasteiger partial charge in [0.2, 0.25) is 11.8 Å². The lowest BCUT2D eigenvalue weighted by Gasteiger charge is -2.17. The van der Waals surface area contributed by atoms with Crippen molar-refractivity contribution in [2.45, 2.75) is 13.3 Å². The van der Waals surface area contributed by atoms with E-state index in [0.717, 1.165) is 6.42 Å². The molecule has 4 heteroatoms. The Hall–Kier alpha value is -1.97. The van der Waals surface area contributed by atoms with Gasteiger partial charge < -0.3 is 0 Å². The van der Waals surface area contributed by atoms with E-state index in [0.29, 0.717) is 11.3 Å². The van der Waals surface area contributed by atoms with Crippen LogP contribution in [0.3, 0.4) is 0 Å². The van der Waals surface area contributed by atoms with Crippen molar-refractivity contribution in [3.05, 3.63) is 41.7 Å². The number of amides is 2. The van der Waals surface area contributed by atoms with Gasteiger partial charge in [-0.15, -0.1) is 0 Å². The van der Waals surface area contributed by atoms with Crippen LogP contribution in [-0.2, 0) is 9.59 Å². The van der Waals surface area contributed by atoms with E-state index in [1.165, 1.54) is 11.0 Å². The third kappa shape index (κ3) is 1.34. The van der Waals surface area contributed by atoms with E-state index in [1.54, 1.807) is 19.1 Å². The quantitative estimate of drug-likeness (QED) is 0.581. The van der Waals surface area contributed by atoms with E-state index in [-0.39, 0.29) is 41.3 Å². The molecule has 1 aromatic rings. The third-order valence-corrected chi connectivity index (χ3v) is 4.88. The zero-order chi connectivity index (χ0) is 14.0. The first-order chi connectivity index (χ1) is 9.58. The normalized spacial score (nSPS) is 34.2. The number of carbonyl (C=O) groups is 2. The molecule has 1 aliphatic heterocycles. The second kappa shape index (κ2) is 3.78. The Morgan fingerprint density at radius 3 is 2.25 bits per heavy atom. The van der Waals surface area contributed by atoms with Gasteiger partial charge in [-0.25, -0.2) is 9.29 Å². The van der Waals surface area contributed by atoms with Crippen molar-refractivity contribution in [3.8, 4) is 0 Å². The molecule has 2 aliphatic carbocycles. The summed E-state index contributed by atoms with van der Waals surface area (Å²) in [5.41, 5.74) is 0.867.